The van der Waals surface area contributed by atoms with Crippen LogP contribution in [0.25, 0.3) is 0 Å². The van der Waals surface area contributed by atoms with Crippen LogP contribution in [-0.2, 0) is 19.1 Å². The number of nitrogens with zero attached hydrogens (tertiary/aromatic N) is 2. The summed E-state index contributed by atoms with van der Waals surface area (Å²) in [6, 6.07) is 12.1. The molecule has 0 radical (unpaired) electrons. The molecule has 0 amide bonds. The van der Waals surface area contributed by atoms with E-state index >= 15 is 0 Å². The summed E-state index contributed by atoms with van der Waals surface area (Å²) in [6.07, 6.45) is -4.65. The molecule has 0 spiro atoms. The van der Waals surface area contributed by atoms with E-state index < -0.39 is 11.9 Å². The van der Waals surface area contributed by atoms with Gasteiger partial charge in [0.2, 0.25) is 12.7 Å². The predicted molar refractivity (Wildman–Crippen MR) is 101 cm³/mol. The van der Waals surface area contributed by atoms with Crippen LogP contribution in [0.1, 0.15) is 22.4 Å². The lowest BCUT2D eigenvalue weighted by atomic mass is 10.0. The maximum atomic E-state index is 13.8. The normalized spacial score (nSPS) is 12.8. The van der Waals surface area contributed by atoms with Crippen molar-refractivity contribution in [3.05, 3.63) is 64.8 Å². The van der Waals surface area contributed by atoms with Gasteiger partial charge < -0.3 is 18.9 Å². The van der Waals surface area contributed by atoms with Crippen LogP contribution in [0.2, 0.25) is 0 Å². The highest BCUT2D eigenvalue weighted by Crippen LogP contribution is 2.39. The molecular formula is C21H19F3N2O4. The van der Waals surface area contributed by atoms with Crippen molar-refractivity contribution in [1.82, 2.24) is 9.78 Å². The Hall–Kier alpha value is -3.36. The Kier molecular flexibility index (Phi) is 5.19. The molecule has 0 aliphatic carbocycles. The molecule has 0 fully saturated rings. The second-order valence-corrected chi connectivity index (χ2v) is 6.71. The summed E-state index contributed by atoms with van der Waals surface area (Å²) < 4.78 is 63.6. The number of fused-ring (bicyclic) bond motifs is 1. The SMILES string of the molecule is COc1cccc(Cn2nc(C(F)(F)F)c(Cc3ccc4c(c3)OCO4)c2OC)c1. The van der Waals surface area contributed by atoms with Crippen molar-refractivity contribution in [1.29, 1.82) is 0 Å². The summed E-state index contributed by atoms with van der Waals surface area (Å²) in [5.41, 5.74) is 0.356. The molecule has 1 aliphatic heterocycles. The summed E-state index contributed by atoms with van der Waals surface area (Å²) in [5.74, 6) is 1.73. The van der Waals surface area contributed by atoms with Crippen LogP contribution in [0.5, 0.6) is 23.1 Å². The van der Waals surface area contributed by atoms with Crippen LogP contribution in [0.3, 0.4) is 0 Å². The van der Waals surface area contributed by atoms with Gasteiger partial charge in [0.05, 0.1) is 26.3 Å². The van der Waals surface area contributed by atoms with E-state index in [0.29, 0.717) is 22.8 Å². The Morgan fingerprint density at radius 3 is 2.53 bits per heavy atom. The first-order valence-electron chi connectivity index (χ1n) is 9.11. The van der Waals surface area contributed by atoms with Gasteiger partial charge in [0.25, 0.3) is 0 Å². The number of hydrogen-bond donors (Lipinski definition) is 0. The molecule has 0 N–H and O–H groups in total. The zero-order valence-corrected chi connectivity index (χ0v) is 16.3. The van der Waals surface area contributed by atoms with E-state index in [0.717, 1.165) is 5.56 Å². The topological polar surface area (TPSA) is 54.7 Å². The molecule has 9 heteroatoms. The minimum absolute atomic E-state index is 0.0211. The second kappa shape index (κ2) is 7.81. The fourth-order valence-electron chi connectivity index (χ4n) is 3.41. The Morgan fingerprint density at radius 1 is 1.00 bits per heavy atom. The number of ether oxygens (including phenoxy) is 4. The number of alkyl halides is 3. The highest BCUT2D eigenvalue weighted by molar-refractivity contribution is 5.47. The third kappa shape index (κ3) is 3.87. The van der Waals surface area contributed by atoms with Gasteiger partial charge in [-0.15, -0.1) is 0 Å². The molecule has 4 rings (SSSR count). The third-order valence-electron chi connectivity index (χ3n) is 4.75. The van der Waals surface area contributed by atoms with Gasteiger partial charge >= 0.3 is 6.18 Å². The molecule has 158 valence electrons. The van der Waals surface area contributed by atoms with Crippen LogP contribution in [0, 0.1) is 0 Å². The maximum absolute atomic E-state index is 13.8. The molecule has 6 nitrogen and oxygen atoms in total. The van der Waals surface area contributed by atoms with Gasteiger partial charge in [0.15, 0.2) is 17.2 Å². The van der Waals surface area contributed by atoms with E-state index in [2.05, 4.69) is 5.10 Å². The molecular weight excluding hydrogens is 401 g/mol. The van der Waals surface area contributed by atoms with Gasteiger partial charge in [-0.1, -0.05) is 18.2 Å². The molecule has 0 bridgehead atoms. The highest BCUT2D eigenvalue weighted by Gasteiger charge is 2.39. The van der Waals surface area contributed by atoms with Gasteiger partial charge in [-0.3, -0.25) is 0 Å². The van der Waals surface area contributed by atoms with Crippen LogP contribution < -0.4 is 18.9 Å². The highest BCUT2D eigenvalue weighted by atomic mass is 19.4. The minimum atomic E-state index is -4.63. The largest absolute Gasteiger partial charge is 0.497 e. The number of benzene rings is 2. The maximum Gasteiger partial charge on any atom is 0.435 e. The van der Waals surface area contributed by atoms with Crippen molar-refractivity contribution < 1.29 is 32.1 Å². The van der Waals surface area contributed by atoms with Gasteiger partial charge in [0, 0.05) is 6.42 Å². The number of methoxy groups -OCH3 is 2. The Bertz CT molecular complexity index is 1060. The smallest absolute Gasteiger partial charge is 0.435 e. The van der Waals surface area contributed by atoms with Gasteiger partial charge in [-0.25, -0.2) is 4.68 Å². The van der Waals surface area contributed by atoms with Crippen LogP contribution in [0.15, 0.2) is 42.5 Å². The summed E-state index contributed by atoms with van der Waals surface area (Å²) >= 11 is 0. The summed E-state index contributed by atoms with van der Waals surface area (Å²) in [4.78, 5) is 0. The monoisotopic (exact) mass is 420 g/mol. The third-order valence-corrected chi connectivity index (χ3v) is 4.75. The summed E-state index contributed by atoms with van der Waals surface area (Å²) in [6.45, 7) is 0.193. The lowest BCUT2D eigenvalue weighted by molar-refractivity contribution is -0.142. The van der Waals surface area contributed by atoms with E-state index in [1.165, 1.54) is 18.9 Å². The lowest BCUT2D eigenvalue weighted by Gasteiger charge is -2.10. The molecule has 1 aromatic heterocycles. The Labute approximate surface area is 170 Å². The molecule has 2 aromatic carbocycles. The first kappa shape index (κ1) is 19.9. The van der Waals surface area contributed by atoms with Crippen molar-refractivity contribution in [2.45, 2.75) is 19.1 Å². The average Bonchev–Trinajstić information content (AvgIpc) is 3.32. The Balaban J connectivity index is 1.73. The molecule has 3 aromatic rings. The lowest BCUT2D eigenvalue weighted by Crippen LogP contribution is -2.10. The first-order chi connectivity index (χ1) is 14.4. The average molecular weight is 420 g/mol. The number of hydrogen-bond acceptors (Lipinski definition) is 5. The van der Waals surface area contributed by atoms with Crippen LogP contribution >= 0.6 is 0 Å². The van der Waals surface area contributed by atoms with Gasteiger partial charge in [0.1, 0.15) is 5.75 Å². The Morgan fingerprint density at radius 2 is 1.80 bits per heavy atom. The second-order valence-electron chi connectivity index (χ2n) is 6.71. The first-order valence-corrected chi connectivity index (χ1v) is 9.11. The number of halogens is 3. The van der Waals surface area contributed by atoms with Gasteiger partial charge in [-0.05, 0) is 35.4 Å². The fourth-order valence-corrected chi connectivity index (χ4v) is 3.41. The molecule has 0 saturated carbocycles. The summed E-state index contributed by atoms with van der Waals surface area (Å²) in [7, 11) is 2.86. The zero-order chi connectivity index (χ0) is 21.3. The molecule has 2 heterocycles. The molecule has 0 atom stereocenters. The fraction of sp³-hybridized carbons (Fsp3) is 0.286. The van der Waals surface area contributed by atoms with Crippen molar-refractivity contribution >= 4 is 0 Å². The molecule has 1 aliphatic rings. The standard InChI is InChI=1S/C21H19F3N2O4/c1-27-15-5-3-4-14(8-15)11-26-20(28-2)16(19(25-26)21(22,23)24)9-13-6-7-17-18(10-13)30-12-29-17/h3-8,10H,9,11-12H2,1-2H3. The van der Waals surface area contributed by atoms with E-state index in [9.17, 15) is 13.2 Å². The van der Waals surface area contributed by atoms with Crippen molar-refractivity contribution in [2.75, 3.05) is 21.0 Å². The van der Waals surface area contributed by atoms with E-state index in [-0.39, 0.29) is 31.2 Å². The summed E-state index contributed by atoms with van der Waals surface area (Å²) in [5, 5.41) is 3.84. The van der Waals surface area contributed by atoms with Gasteiger partial charge in [-0.2, -0.15) is 18.3 Å². The van der Waals surface area contributed by atoms with E-state index in [1.54, 1.807) is 42.5 Å². The zero-order valence-electron chi connectivity index (χ0n) is 16.3. The molecule has 30 heavy (non-hydrogen) atoms. The minimum Gasteiger partial charge on any atom is -0.497 e. The molecule has 0 unspecified atom stereocenters. The van der Waals surface area contributed by atoms with Crippen molar-refractivity contribution in [3.63, 3.8) is 0 Å². The quantitative estimate of drug-likeness (QED) is 0.596. The van der Waals surface area contributed by atoms with Crippen molar-refractivity contribution in [3.8, 4) is 23.1 Å². The number of aromatic nitrogens is 2. The molecule has 0 saturated heterocycles. The van der Waals surface area contributed by atoms with E-state index in [1.807, 2.05) is 0 Å². The van der Waals surface area contributed by atoms with Crippen molar-refractivity contribution in [2.24, 2.45) is 0 Å². The van der Waals surface area contributed by atoms with E-state index in [4.69, 9.17) is 18.9 Å². The predicted octanol–water partition coefficient (Wildman–Crippen LogP) is 4.29. The number of rotatable bonds is 6. The van der Waals surface area contributed by atoms with Crippen LogP contribution in [-0.4, -0.2) is 30.8 Å². The van der Waals surface area contributed by atoms with Crippen LogP contribution in [0.4, 0.5) is 13.2 Å².